The first-order chi connectivity index (χ1) is 12.6. The molecule has 0 aromatic heterocycles. The highest BCUT2D eigenvalue weighted by atomic mass is 35.5. The van der Waals surface area contributed by atoms with Crippen LogP contribution in [0.2, 0.25) is 10.0 Å². The number of aliphatic carboxylic acids is 1. The summed E-state index contributed by atoms with van der Waals surface area (Å²) in [5.41, 5.74) is 1.37. The van der Waals surface area contributed by atoms with Crippen LogP contribution in [0, 0.1) is 0 Å². The molecule has 0 radical (unpaired) electrons. The zero-order valence-corrected chi connectivity index (χ0v) is 17.2. The minimum absolute atomic E-state index is 0.0642. The first-order valence-corrected chi connectivity index (χ1v) is 9.33. The van der Waals surface area contributed by atoms with Gasteiger partial charge >= 0.3 is 5.97 Å². The summed E-state index contributed by atoms with van der Waals surface area (Å²) < 4.78 is 0. The Balaban J connectivity index is 0.000000387. The van der Waals surface area contributed by atoms with Crippen LogP contribution in [0.25, 0.3) is 0 Å². The first-order valence-electron chi connectivity index (χ1n) is 8.58. The number of benzene rings is 2. The molecule has 0 heterocycles. The summed E-state index contributed by atoms with van der Waals surface area (Å²) in [6, 6.07) is 12.3. The van der Waals surface area contributed by atoms with Crippen molar-refractivity contribution in [2.45, 2.75) is 32.8 Å². The molecule has 148 valence electrons. The number of anilines is 2. The molecule has 2 aromatic rings. The van der Waals surface area contributed by atoms with Crippen LogP contribution in [0.1, 0.15) is 26.3 Å². The van der Waals surface area contributed by atoms with Crippen LogP contribution in [0.4, 0.5) is 11.4 Å². The van der Waals surface area contributed by atoms with E-state index in [0.717, 1.165) is 6.54 Å². The summed E-state index contributed by atoms with van der Waals surface area (Å²) >= 11 is 12.1. The van der Waals surface area contributed by atoms with Gasteiger partial charge in [-0.1, -0.05) is 54.4 Å². The first kappa shape index (κ1) is 23.2. The second kappa shape index (κ2) is 11.1. The molecule has 27 heavy (non-hydrogen) atoms. The second-order valence-corrected chi connectivity index (χ2v) is 7.36. The topological polar surface area (TPSA) is 81.6 Å². The monoisotopic (exact) mass is 412 g/mol. The predicted molar refractivity (Wildman–Crippen MR) is 112 cm³/mol. The van der Waals surface area contributed by atoms with Crippen molar-refractivity contribution in [3.63, 3.8) is 0 Å². The van der Waals surface area contributed by atoms with Gasteiger partial charge in [0.1, 0.15) is 0 Å². The van der Waals surface area contributed by atoms with Crippen LogP contribution in [0.15, 0.2) is 42.5 Å². The van der Waals surface area contributed by atoms with Gasteiger partial charge in [0.2, 0.25) is 0 Å². The third-order valence-electron chi connectivity index (χ3n) is 3.39. The van der Waals surface area contributed by atoms with Crippen molar-refractivity contribution in [1.82, 2.24) is 5.32 Å². The summed E-state index contributed by atoms with van der Waals surface area (Å²) in [5, 5.41) is 25.1. The molecule has 0 unspecified atom stereocenters. The molecule has 0 spiro atoms. The minimum Gasteiger partial charge on any atom is -0.481 e. The van der Waals surface area contributed by atoms with Crippen molar-refractivity contribution in [2.75, 3.05) is 18.4 Å². The Morgan fingerprint density at radius 2 is 1.67 bits per heavy atom. The van der Waals surface area contributed by atoms with Crippen molar-refractivity contribution >= 4 is 40.5 Å². The third kappa shape index (κ3) is 9.11. The number of para-hydroxylation sites is 2. The molecule has 2 rings (SSSR count). The quantitative estimate of drug-likeness (QED) is 0.528. The highest BCUT2D eigenvalue weighted by Crippen LogP contribution is 2.33. The van der Waals surface area contributed by atoms with Gasteiger partial charge in [-0.25, -0.2) is 0 Å². The molecule has 5 nitrogen and oxygen atoms in total. The summed E-state index contributed by atoms with van der Waals surface area (Å²) in [6.45, 7) is 7.19. The number of carboxylic acids is 1. The second-order valence-electron chi connectivity index (χ2n) is 6.54. The van der Waals surface area contributed by atoms with E-state index in [9.17, 15) is 4.79 Å². The molecule has 4 N–H and O–H groups in total. The SMILES string of the molecule is CCNCC(C)(C)O.O=C(O)Cc1ccccc1Nc1c(Cl)cccc1Cl. The average molecular weight is 413 g/mol. The molecule has 0 aliphatic carbocycles. The van der Waals surface area contributed by atoms with Crippen LogP contribution < -0.4 is 10.6 Å². The van der Waals surface area contributed by atoms with Gasteiger partial charge in [-0.2, -0.15) is 0 Å². The number of halogens is 2. The predicted octanol–water partition coefficient (Wildman–Crippen LogP) is 4.73. The van der Waals surface area contributed by atoms with E-state index in [1.54, 1.807) is 50.2 Å². The fourth-order valence-electron chi connectivity index (χ4n) is 2.14. The molecule has 0 saturated carbocycles. The molecular formula is C20H26Cl2N2O3. The molecule has 0 aliphatic rings. The van der Waals surface area contributed by atoms with E-state index in [0.29, 0.717) is 33.5 Å². The van der Waals surface area contributed by atoms with E-state index in [1.165, 1.54) is 0 Å². The van der Waals surface area contributed by atoms with E-state index in [4.69, 9.17) is 33.4 Å². The molecule has 0 atom stereocenters. The Morgan fingerprint density at radius 1 is 1.07 bits per heavy atom. The molecule has 0 amide bonds. The van der Waals surface area contributed by atoms with Crippen molar-refractivity contribution in [3.05, 3.63) is 58.1 Å². The molecule has 0 fully saturated rings. The van der Waals surface area contributed by atoms with Gasteiger partial charge in [0.15, 0.2) is 0 Å². The van der Waals surface area contributed by atoms with Gasteiger partial charge < -0.3 is 20.8 Å². The molecule has 2 aromatic carbocycles. The summed E-state index contributed by atoms with van der Waals surface area (Å²) in [5.74, 6) is -0.889. The van der Waals surface area contributed by atoms with Crippen molar-refractivity contribution in [2.24, 2.45) is 0 Å². The maximum Gasteiger partial charge on any atom is 0.307 e. The summed E-state index contributed by atoms with van der Waals surface area (Å²) in [7, 11) is 0. The number of likely N-dealkylation sites (N-methyl/N-ethyl adjacent to an activating group) is 1. The van der Waals surface area contributed by atoms with Gasteiger partial charge in [-0.15, -0.1) is 0 Å². The Morgan fingerprint density at radius 3 is 2.15 bits per heavy atom. The van der Waals surface area contributed by atoms with Gasteiger partial charge in [-0.3, -0.25) is 4.79 Å². The lowest BCUT2D eigenvalue weighted by molar-refractivity contribution is -0.136. The van der Waals surface area contributed by atoms with Crippen LogP contribution in [-0.4, -0.2) is 34.9 Å². The number of carbonyl (C=O) groups is 1. The maximum absolute atomic E-state index is 10.8. The van der Waals surface area contributed by atoms with E-state index in [1.807, 2.05) is 13.0 Å². The van der Waals surface area contributed by atoms with Crippen LogP contribution in [0.5, 0.6) is 0 Å². The number of hydrogen-bond acceptors (Lipinski definition) is 4. The van der Waals surface area contributed by atoms with Crippen LogP contribution in [0.3, 0.4) is 0 Å². The number of carboxylic acid groups (broad SMARTS) is 1. The molecule has 0 aliphatic heterocycles. The lowest BCUT2D eigenvalue weighted by Crippen LogP contribution is -2.34. The number of nitrogens with one attached hydrogen (secondary N) is 2. The van der Waals surface area contributed by atoms with E-state index >= 15 is 0 Å². The molecular weight excluding hydrogens is 387 g/mol. The Bertz CT molecular complexity index is 726. The van der Waals surface area contributed by atoms with E-state index < -0.39 is 11.6 Å². The fourth-order valence-corrected chi connectivity index (χ4v) is 2.63. The lowest BCUT2D eigenvalue weighted by atomic mass is 10.1. The van der Waals surface area contributed by atoms with Gasteiger partial charge in [0.25, 0.3) is 0 Å². The normalized spacial score (nSPS) is 10.7. The molecule has 7 heteroatoms. The lowest BCUT2D eigenvalue weighted by Gasteiger charge is -2.16. The largest absolute Gasteiger partial charge is 0.481 e. The van der Waals surface area contributed by atoms with E-state index in [2.05, 4.69) is 10.6 Å². The maximum atomic E-state index is 10.8. The zero-order chi connectivity index (χ0) is 20.4. The van der Waals surface area contributed by atoms with Crippen molar-refractivity contribution < 1.29 is 15.0 Å². The standard InChI is InChI=1S/C14H11Cl2NO2.C6H15NO/c15-10-5-3-6-11(16)14(10)17-12-7-2-1-4-9(12)8-13(18)19;1-4-7-5-6(2,3)8/h1-7,17H,8H2,(H,18,19);7-8H,4-5H2,1-3H3. The molecule has 0 bridgehead atoms. The van der Waals surface area contributed by atoms with Crippen LogP contribution in [-0.2, 0) is 11.2 Å². The summed E-state index contributed by atoms with van der Waals surface area (Å²) in [6.07, 6.45) is -0.0642. The highest BCUT2D eigenvalue weighted by molar-refractivity contribution is 6.39. The number of rotatable bonds is 7. The Hall–Kier alpha value is -1.79. The number of hydrogen-bond donors (Lipinski definition) is 4. The van der Waals surface area contributed by atoms with Crippen molar-refractivity contribution in [3.8, 4) is 0 Å². The average Bonchev–Trinajstić information content (AvgIpc) is 2.57. The minimum atomic E-state index is -0.889. The zero-order valence-electron chi connectivity index (χ0n) is 15.7. The van der Waals surface area contributed by atoms with Gasteiger partial charge in [0, 0.05) is 12.2 Å². The van der Waals surface area contributed by atoms with E-state index in [-0.39, 0.29) is 6.42 Å². The fraction of sp³-hybridized carbons (Fsp3) is 0.350. The van der Waals surface area contributed by atoms with Crippen LogP contribution >= 0.6 is 23.2 Å². The highest BCUT2D eigenvalue weighted by Gasteiger charge is 2.10. The number of aliphatic hydroxyl groups is 1. The van der Waals surface area contributed by atoms with Gasteiger partial charge in [0.05, 0.1) is 27.8 Å². The smallest absolute Gasteiger partial charge is 0.307 e. The van der Waals surface area contributed by atoms with Gasteiger partial charge in [-0.05, 0) is 44.2 Å². The summed E-state index contributed by atoms with van der Waals surface area (Å²) in [4.78, 5) is 10.8. The van der Waals surface area contributed by atoms with Crippen molar-refractivity contribution in [1.29, 1.82) is 0 Å². The Labute approximate surface area is 170 Å². The molecule has 0 saturated heterocycles. The Kier molecular flexibility index (Phi) is 9.60. The third-order valence-corrected chi connectivity index (χ3v) is 4.02.